The van der Waals surface area contributed by atoms with Crippen LogP contribution in [0.25, 0.3) is 0 Å². The molecule has 0 fully saturated rings. The van der Waals surface area contributed by atoms with E-state index in [9.17, 15) is 9.59 Å². The van der Waals surface area contributed by atoms with Gasteiger partial charge < -0.3 is 14.2 Å². The lowest BCUT2D eigenvalue weighted by atomic mass is 10.1. The van der Waals surface area contributed by atoms with Crippen molar-refractivity contribution in [2.45, 2.75) is 26.4 Å². The summed E-state index contributed by atoms with van der Waals surface area (Å²) in [6.45, 7) is 4.69. The molecule has 0 unspecified atom stereocenters. The number of nitrogens with zero attached hydrogens (tertiary/aromatic N) is 1. The fourth-order valence-corrected chi connectivity index (χ4v) is 1.97. The molecule has 0 aliphatic heterocycles. The van der Waals surface area contributed by atoms with E-state index < -0.39 is 18.0 Å². The topological polar surface area (TPSA) is 77.1 Å². The van der Waals surface area contributed by atoms with Crippen molar-refractivity contribution in [1.29, 1.82) is 0 Å². The number of hydrogen-bond acceptors (Lipinski definition) is 6. The zero-order valence-corrected chi connectivity index (χ0v) is 14.2. The number of ether oxygens (including phenoxy) is 3. The van der Waals surface area contributed by atoms with Crippen LogP contribution in [0.4, 0.5) is 4.79 Å². The SMILES string of the molecule is CCOc1ccc(CN(C)[C@@H](C)C(=O)NC(=O)OC)cc1OC. The van der Waals surface area contributed by atoms with Crippen LogP contribution in [0.15, 0.2) is 18.2 Å². The molecule has 1 N–H and O–H groups in total. The molecule has 0 saturated carbocycles. The molecule has 23 heavy (non-hydrogen) atoms. The predicted octanol–water partition coefficient (Wildman–Crippen LogP) is 1.80. The van der Waals surface area contributed by atoms with Crippen molar-refractivity contribution in [3.63, 3.8) is 0 Å². The number of benzene rings is 1. The number of carbonyl (C=O) groups excluding carboxylic acids is 2. The molecule has 1 aromatic rings. The van der Waals surface area contributed by atoms with E-state index in [0.717, 1.165) is 5.56 Å². The summed E-state index contributed by atoms with van der Waals surface area (Å²) < 4.78 is 15.2. The van der Waals surface area contributed by atoms with Gasteiger partial charge in [-0.05, 0) is 38.6 Å². The molecule has 0 radical (unpaired) electrons. The van der Waals surface area contributed by atoms with Crippen LogP contribution in [0, 0.1) is 0 Å². The van der Waals surface area contributed by atoms with Crippen LogP contribution in [0.3, 0.4) is 0 Å². The summed E-state index contributed by atoms with van der Waals surface area (Å²) in [6.07, 6.45) is -0.766. The second-order valence-electron chi connectivity index (χ2n) is 4.99. The van der Waals surface area contributed by atoms with Crippen LogP contribution in [0.1, 0.15) is 19.4 Å². The van der Waals surface area contributed by atoms with Gasteiger partial charge in [-0.15, -0.1) is 0 Å². The highest BCUT2D eigenvalue weighted by atomic mass is 16.5. The summed E-state index contributed by atoms with van der Waals surface area (Å²) in [7, 11) is 4.59. The van der Waals surface area contributed by atoms with Gasteiger partial charge in [-0.1, -0.05) is 6.07 Å². The molecule has 1 aromatic carbocycles. The van der Waals surface area contributed by atoms with Crippen molar-refractivity contribution in [3.05, 3.63) is 23.8 Å². The van der Waals surface area contributed by atoms with Gasteiger partial charge in [-0.3, -0.25) is 15.0 Å². The third kappa shape index (κ3) is 5.45. The van der Waals surface area contributed by atoms with Crippen molar-refractivity contribution >= 4 is 12.0 Å². The number of amides is 2. The van der Waals surface area contributed by atoms with Gasteiger partial charge in [0.2, 0.25) is 5.91 Å². The van der Waals surface area contributed by atoms with Crippen LogP contribution < -0.4 is 14.8 Å². The normalized spacial score (nSPS) is 11.7. The Morgan fingerprint density at radius 2 is 1.96 bits per heavy atom. The highest BCUT2D eigenvalue weighted by Gasteiger charge is 2.20. The number of carbonyl (C=O) groups is 2. The lowest BCUT2D eigenvalue weighted by Crippen LogP contribution is -2.45. The average Bonchev–Trinajstić information content (AvgIpc) is 2.55. The molecule has 2 amide bonds. The second-order valence-corrected chi connectivity index (χ2v) is 4.99. The molecule has 0 aliphatic carbocycles. The Morgan fingerprint density at radius 1 is 1.26 bits per heavy atom. The Bertz CT molecular complexity index is 547. The number of alkyl carbamates (subject to hydrolysis) is 1. The van der Waals surface area contributed by atoms with Crippen LogP contribution in [0.5, 0.6) is 11.5 Å². The summed E-state index contributed by atoms with van der Waals surface area (Å²) in [5.41, 5.74) is 0.963. The maximum absolute atomic E-state index is 11.9. The van der Waals surface area contributed by atoms with Crippen molar-refractivity contribution < 1.29 is 23.8 Å². The van der Waals surface area contributed by atoms with Crippen LogP contribution in [0.2, 0.25) is 0 Å². The van der Waals surface area contributed by atoms with Gasteiger partial charge in [0, 0.05) is 6.54 Å². The van der Waals surface area contributed by atoms with Crippen molar-refractivity contribution in [1.82, 2.24) is 10.2 Å². The summed E-state index contributed by atoms with van der Waals surface area (Å²) >= 11 is 0. The maximum Gasteiger partial charge on any atom is 0.413 e. The van der Waals surface area contributed by atoms with Crippen molar-refractivity contribution in [2.24, 2.45) is 0 Å². The van der Waals surface area contributed by atoms with E-state index in [-0.39, 0.29) is 0 Å². The van der Waals surface area contributed by atoms with E-state index in [1.165, 1.54) is 7.11 Å². The number of nitrogens with one attached hydrogen (secondary N) is 1. The van der Waals surface area contributed by atoms with Gasteiger partial charge in [0.05, 0.1) is 26.9 Å². The van der Waals surface area contributed by atoms with Crippen molar-refractivity contribution in [2.75, 3.05) is 27.9 Å². The molecule has 1 rings (SSSR count). The van der Waals surface area contributed by atoms with E-state index in [0.29, 0.717) is 24.7 Å². The van der Waals surface area contributed by atoms with Crippen molar-refractivity contribution in [3.8, 4) is 11.5 Å². The average molecular weight is 324 g/mol. The summed E-state index contributed by atoms with van der Waals surface area (Å²) in [4.78, 5) is 24.8. The molecular weight excluding hydrogens is 300 g/mol. The third-order valence-electron chi connectivity index (χ3n) is 3.41. The minimum atomic E-state index is -0.766. The Labute approximate surface area is 136 Å². The molecule has 128 valence electrons. The fourth-order valence-electron chi connectivity index (χ4n) is 1.97. The first-order valence-corrected chi connectivity index (χ1v) is 7.31. The van der Waals surface area contributed by atoms with E-state index >= 15 is 0 Å². The molecule has 1 atom stereocenters. The van der Waals surface area contributed by atoms with E-state index in [1.54, 1.807) is 21.1 Å². The minimum Gasteiger partial charge on any atom is -0.493 e. The molecule has 0 bridgehead atoms. The van der Waals surface area contributed by atoms with Gasteiger partial charge in [0.25, 0.3) is 0 Å². The lowest BCUT2D eigenvalue weighted by Gasteiger charge is -2.23. The molecular formula is C16H24N2O5. The summed E-state index contributed by atoms with van der Waals surface area (Å²) in [6, 6.07) is 5.12. The Kier molecular flexibility index (Phi) is 7.34. The zero-order valence-electron chi connectivity index (χ0n) is 14.2. The number of methoxy groups -OCH3 is 2. The Morgan fingerprint density at radius 3 is 2.52 bits per heavy atom. The van der Waals surface area contributed by atoms with Crippen LogP contribution in [-0.2, 0) is 16.1 Å². The Hall–Kier alpha value is -2.28. The number of imide groups is 1. The smallest absolute Gasteiger partial charge is 0.413 e. The first-order chi connectivity index (χ1) is 10.9. The van der Waals surface area contributed by atoms with E-state index in [2.05, 4.69) is 10.1 Å². The zero-order chi connectivity index (χ0) is 17.4. The molecule has 0 saturated heterocycles. The molecule has 0 aliphatic rings. The predicted molar refractivity (Wildman–Crippen MR) is 85.6 cm³/mol. The summed E-state index contributed by atoms with van der Waals surface area (Å²) in [5.74, 6) is 0.902. The Balaban J connectivity index is 2.74. The van der Waals surface area contributed by atoms with Gasteiger partial charge in [-0.2, -0.15) is 0 Å². The van der Waals surface area contributed by atoms with Gasteiger partial charge in [-0.25, -0.2) is 4.79 Å². The monoisotopic (exact) mass is 324 g/mol. The summed E-state index contributed by atoms with van der Waals surface area (Å²) in [5, 5.41) is 2.16. The quantitative estimate of drug-likeness (QED) is 0.824. The van der Waals surface area contributed by atoms with Crippen LogP contribution in [-0.4, -0.2) is 50.8 Å². The first-order valence-electron chi connectivity index (χ1n) is 7.31. The van der Waals surface area contributed by atoms with Gasteiger partial charge >= 0.3 is 6.09 Å². The van der Waals surface area contributed by atoms with Crippen LogP contribution >= 0.6 is 0 Å². The van der Waals surface area contributed by atoms with E-state index in [1.807, 2.05) is 30.0 Å². The molecule has 0 heterocycles. The van der Waals surface area contributed by atoms with Gasteiger partial charge in [0.15, 0.2) is 11.5 Å². The number of rotatable bonds is 7. The van der Waals surface area contributed by atoms with Gasteiger partial charge in [0.1, 0.15) is 0 Å². The van der Waals surface area contributed by atoms with E-state index in [4.69, 9.17) is 9.47 Å². The lowest BCUT2D eigenvalue weighted by molar-refractivity contribution is -0.124. The first kappa shape index (κ1) is 18.8. The number of likely N-dealkylation sites (N-methyl/N-ethyl adjacent to an activating group) is 1. The second kappa shape index (κ2) is 8.99. The molecule has 7 nitrogen and oxygen atoms in total. The fraction of sp³-hybridized carbons (Fsp3) is 0.500. The molecule has 0 spiro atoms. The molecule has 7 heteroatoms. The minimum absolute atomic E-state index is 0.419. The third-order valence-corrected chi connectivity index (χ3v) is 3.41. The molecule has 0 aromatic heterocycles. The highest BCUT2D eigenvalue weighted by Crippen LogP contribution is 2.28. The maximum atomic E-state index is 11.9. The largest absolute Gasteiger partial charge is 0.493 e. The standard InChI is InChI=1S/C16H24N2O5/c1-6-23-13-8-7-12(9-14(13)21-4)10-18(3)11(2)15(19)17-16(20)22-5/h7-9,11H,6,10H2,1-5H3,(H,17,19,20)/t11-/m0/s1. The highest BCUT2D eigenvalue weighted by molar-refractivity contribution is 5.94. The number of hydrogen-bond donors (Lipinski definition) is 1.